The number of aromatic nitrogens is 1. The van der Waals surface area contributed by atoms with E-state index in [1.807, 2.05) is 13.8 Å². The Balaban J connectivity index is 1.53. The lowest BCUT2D eigenvalue weighted by atomic mass is 10.1. The zero-order valence-electron chi connectivity index (χ0n) is 15.0. The Morgan fingerprint density at radius 2 is 1.81 bits per heavy atom. The molecule has 0 fully saturated rings. The molecule has 8 nitrogen and oxygen atoms in total. The predicted molar refractivity (Wildman–Crippen MR) is 96.0 cm³/mol. The van der Waals surface area contributed by atoms with Gasteiger partial charge in [-0.3, -0.25) is 19.5 Å². The van der Waals surface area contributed by atoms with Gasteiger partial charge in [-0.15, -0.1) is 0 Å². The van der Waals surface area contributed by atoms with Gasteiger partial charge in [-0.05, 0) is 26.0 Å². The van der Waals surface area contributed by atoms with E-state index in [1.165, 1.54) is 4.90 Å². The number of nitrogens with one attached hydrogen (secondary N) is 2. The molecule has 0 radical (unpaired) electrons. The zero-order chi connectivity index (χ0) is 18.7. The van der Waals surface area contributed by atoms with E-state index in [9.17, 15) is 9.59 Å². The maximum absolute atomic E-state index is 12.3. The Hall–Kier alpha value is -3.16. The number of nitrogens with zero attached hydrogens (tertiary/aromatic N) is 3. The summed E-state index contributed by atoms with van der Waals surface area (Å²) in [4.78, 5) is 30.0. The van der Waals surface area contributed by atoms with Crippen molar-refractivity contribution in [3.63, 3.8) is 0 Å². The van der Waals surface area contributed by atoms with Crippen molar-refractivity contribution < 1.29 is 14.1 Å². The van der Waals surface area contributed by atoms with Crippen LogP contribution in [0.3, 0.4) is 0 Å². The lowest BCUT2D eigenvalue weighted by Gasteiger charge is -2.16. The van der Waals surface area contributed by atoms with Gasteiger partial charge in [-0.1, -0.05) is 17.3 Å². The van der Waals surface area contributed by atoms with Crippen LogP contribution in [0.15, 0.2) is 33.8 Å². The summed E-state index contributed by atoms with van der Waals surface area (Å²) in [5, 5.41) is 10.2. The molecule has 8 heteroatoms. The van der Waals surface area contributed by atoms with Crippen molar-refractivity contribution >= 4 is 17.8 Å². The first-order chi connectivity index (χ1) is 12.5. The fourth-order valence-electron chi connectivity index (χ4n) is 2.88. The van der Waals surface area contributed by atoms with E-state index in [0.717, 1.165) is 17.0 Å². The van der Waals surface area contributed by atoms with Gasteiger partial charge in [-0.2, -0.15) is 0 Å². The first-order valence-electron chi connectivity index (χ1n) is 8.34. The molecule has 1 aliphatic rings. The van der Waals surface area contributed by atoms with Gasteiger partial charge in [0.2, 0.25) is 0 Å². The molecule has 0 bridgehead atoms. The molecule has 1 aromatic carbocycles. The summed E-state index contributed by atoms with van der Waals surface area (Å²) in [6, 6.07) is 6.86. The topological polar surface area (TPSA) is 99.8 Å². The third kappa shape index (κ3) is 3.30. The van der Waals surface area contributed by atoms with Crippen molar-refractivity contribution in [1.29, 1.82) is 0 Å². The number of hydrogen-bond donors (Lipinski definition) is 2. The molecule has 2 N–H and O–H groups in total. The Morgan fingerprint density at radius 1 is 1.15 bits per heavy atom. The van der Waals surface area contributed by atoms with Gasteiger partial charge in [0, 0.05) is 32.2 Å². The van der Waals surface area contributed by atoms with Crippen molar-refractivity contribution in [3.8, 4) is 0 Å². The summed E-state index contributed by atoms with van der Waals surface area (Å²) in [7, 11) is 1.66. The number of fused-ring (bicyclic) bond motifs is 1. The van der Waals surface area contributed by atoms with Crippen molar-refractivity contribution in [1.82, 2.24) is 20.7 Å². The van der Waals surface area contributed by atoms with Gasteiger partial charge < -0.3 is 15.2 Å². The minimum Gasteiger partial charge on any atom is -0.361 e. The largest absolute Gasteiger partial charge is 0.361 e. The monoisotopic (exact) mass is 355 g/mol. The number of carbonyl (C=O) groups excluding carboxylic acids is 2. The molecule has 0 saturated carbocycles. The number of aryl methyl sites for hydroxylation is 2. The summed E-state index contributed by atoms with van der Waals surface area (Å²) < 4.78 is 5.13. The number of guanidine groups is 1. The predicted octanol–water partition coefficient (Wildman–Crippen LogP) is 1.25. The standard InChI is InChI=1S/C18H21N5O3/c1-11-15(12(2)26-22-11)10-21-18(19-3)20-8-9-23-16(24)13-6-4-5-7-14(13)17(23)25/h4-7H,8-10H2,1-3H3,(H2,19,20,21). The molecule has 136 valence electrons. The summed E-state index contributed by atoms with van der Waals surface area (Å²) in [5.41, 5.74) is 2.72. The van der Waals surface area contributed by atoms with E-state index in [0.29, 0.717) is 30.2 Å². The van der Waals surface area contributed by atoms with Crippen LogP contribution in [0.25, 0.3) is 0 Å². The van der Waals surface area contributed by atoms with Crippen LogP contribution in [0.1, 0.15) is 37.7 Å². The number of rotatable bonds is 5. The van der Waals surface area contributed by atoms with Crippen LogP contribution in [0, 0.1) is 13.8 Å². The van der Waals surface area contributed by atoms with Gasteiger partial charge in [0.05, 0.1) is 16.8 Å². The first-order valence-corrected chi connectivity index (χ1v) is 8.34. The molecular weight excluding hydrogens is 334 g/mol. The van der Waals surface area contributed by atoms with Crippen LogP contribution in [0.2, 0.25) is 0 Å². The zero-order valence-corrected chi connectivity index (χ0v) is 15.0. The molecule has 2 amide bonds. The highest BCUT2D eigenvalue weighted by Gasteiger charge is 2.34. The molecule has 2 aromatic rings. The fourth-order valence-corrected chi connectivity index (χ4v) is 2.88. The maximum Gasteiger partial charge on any atom is 0.261 e. The molecule has 26 heavy (non-hydrogen) atoms. The van der Waals surface area contributed by atoms with E-state index in [2.05, 4.69) is 20.8 Å². The summed E-state index contributed by atoms with van der Waals surface area (Å²) >= 11 is 0. The molecule has 0 unspecified atom stereocenters. The van der Waals surface area contributed by atoms with E-state index in [4.69, 9.17) is 4.52 Å². The fraction of sp³-hybridized carbons (Fsp3) is 0.333. The van der Waals surface area contributed by atoms with Crippen molar-refractivity contribution in [2.24, 2.45) is 4.99 Å². The van der Waals surface area contributed by atoms with Gasteiger partial charge in [-0.25, -0.2) is 0 Å². The Labute approximate surface area is 151 Å². The third-order valence-corrected chi connectivity index (χ3v) is 4.34. The second-order valence-electron chi connectivity index (χ2n) is 5.96. The molecule has 2 heterocycles. The molecule has 1 aliphatic heterocycles. The van der Waals surface area contributed by atoms with Crippen LogP contribution in [0.5, 0.6) is 0 Å². The highest BCUT2D eigenvalue weighted by atomic mass is 16.5. The highest BCUT2D eigenvalue weighted by Crippen LogP contribution is 2.21. The number of imide groups is 1. The Morgan fingerprint density at radius 3 is 2.35 bits per heavy atom. The molecular formula is C18H21N5O3. The second kappa shape index (κ2) is 7.38. The van der Waals surface area contributed by atoms with Gasteiger partial charge in [0.1, 0.15) is 5.76 Å². The highest BCUT2D eigenvalue weighted by molar-refractivity contribution is 6.21. The summed E-state index contributed by atoms with van der Waals surface area (Å²) in [5.74, 6) is 0.815. The normalized spacial score (nSPS) is 14.0. The van der Waals surface area contributed by atoms with Crippen LogP contribution in [0.4, 0.5) is 0 Å². The number of amides is 2. The number of aliphatic imine (C=N–C) groups is 1. The molecule has 0 saturated heterocycles. The van der Waals surface area contributed by atoms with E-state index < -0.39 is 0 Å². The van der Waals surface area contributed by atoms with Crippen molar-refractivity contribution in [2.75, 3.05) is 20.1 Å². The second-order valence-corrected chi connectivity index (χ2v) is 5.96. The van der Waals surface area contributed by atoms with Gasteiger partial charge in [0.25, 0.3) is 11.8 Å². The summed E-state index contributed by atoms with van der Waals surface area (Å²) in [6.07, 6.45) is 0. The third-order valence-electron chi connectivity index (χ3n) is 4.34. The number of hydrogen-bond acceptors (Lipinski definition) is 5. The number of benzene rings is 1. The van der Waals surface area contributed by atoms with Gasteiger partial charge >= 0.3 is 0 Å². The Kier molecular flexibility index (Phi) is 5.01. The molecule has 0 aliphatic carbocycles. The van der Waals surface area contributed by atoms with Crippen LogP contribution >= 0.6 is 0 Å². The van der Waals surface area contributed by atoms with E-state index >= 15 is 0 Å². The van der Waals surface area contributed by atoms with Crippen LogP contribution in [-0.2, 0) is 6.54 Å². The maximum atomic E-state index is 12.3. The molecule has 0 spiro atoms. The first kappa shape index (κ1) is 17.7. The lowest BCUT2D eigenvalue weighted by molar-refractivity contribution is 0.0657. The van der Waals surface area contributed by atoms with Crippen molar-refractivity contribution in [3.05, 3.63) is 52.4 Å². The molecule has 1 aromatic heterocycles. The van der Waals surface area contributed by atoms with E-state index in [1.54, 1.807) is 31.3 Å². The molecule has 0 atom stereocenters. The number of carbonyl (C=O) groups is 2. The van der Waals surface area contributed by atoms with Gasteiger partial charge in [0.15, 0.2) is 5.96 Å². The Bertz CT molecular complexity index is 817. The SMILES string of the molecule is CN=C(NCCN1C(=O)c2ccccc2C1=O)NCc1c(C)noc1C. The summed E-state index contributed by atoms with van der Waals surface area (Å²) in [6.45, 7) is 4.92. The quantitative estimate of drug-likeness (QED) is 0.476. The van der Waals surface area contributed by atoms with Crippen LogP contribution in [-0.4, -0.2) is 48.0 Å². The van der Waals surface area contributed by atoms with Crippen LogP contribution < -0.4 is 10.6 Å². The average Bonchev–Trinajstić information content (AvgIpc) is 3.09. The average molecular weight is 355 g/mol. The minimum atomic E-state index is -0.258. The minimum absolute atomic E-state index is 0.258. The lowest BCUT2D eigenvalue weighted by Crippen LogP contribution is -2.42. The smallest absolute Gasteiger partial charge is 0.261 e. The van der Waals surface area contributed by atoms with Crippen molar-refractivity contribution in [2.45, 2.75) is 20.4 Å². The van der Waals surface area contributed by atoms with E-state index in [-0.39, 0.29) is 18.4 Å². The molecule has 3 rings (SSSR count).